The van der Waals surface area contributed by atoms with Gasteiger partial charge in [-0.1, -0.05) is 29.8 Å². The number of likely N-dealkylation sites (tertiary alicyclic amines) is 1. The van der Waals surface area contributed by atoms with Gasteiger partial charge in [0.05, 0.1) is 11.1 Å². The summed E-state index contributed by atoms with van der Waals surface area (Å²) in [6.45, 7) is 3.51. The van der Waals surface area contributed by atoms with Crippen LogP contribution in [0.4, 0.5) is 5.69 Å². The molecule has 1 fully saturated rings. The van der Waals surface area contributed by atoms with Crippen LogP contribution < -0.4 is 5.32 Å². The third-order valence-corrected chi connectivity index (χ3v) is 8.70. The Morgan fingerprint density at radius 1 is 1.15 bits per heavy atom. The first-order chi connectivity index (χ1) is 15.7. The monoisotopic (exact) mass is 488 g/mol. The largest absolute Gasteiger partial charge is 0.358 e. The molecule has 2 heterocycles. The van der Waals surface area contributed by atoms with Gasteiger partial charge in [0, 0.05) is 36.9 Å². The summed E-state index contributed by atoms with van der Waals surface area (Å²) in [5, 5.41) is 4.19. The van der Waals surface area contributed by atoms with Crippen molar-refractivity contribution in [2.24, 2.45) is 0 Å². The molecule has 176 valence electrons. The lowest BCUT2D eigenvalue weighted by atomic mass is 9.92. The number of amides is 1. The average molecular weight is 489 g/mol. The van der Waals surface area contributed by atoms with Gasteiger partial charge in [0.25, 0.3) is 0 Å². The van der Waals surface area contributed by atoms with Gasteiger partial charge in [0.2, 0.25) is 15.9 Å². The first-order valence-electron chi connectivity index (χ1n) is 11.0. The van der Waals surface area contributed by atoms with E-state index in [9.17, 15) is 13.2 Å². The van der Waals surface area contributed by atoms with Crippen molar-refractivity contribution < 1.29 is 13.2 Å². The van der Waals surface area contributed by atoms with E-state index < -0.39 is 10.0 Å². The fourth-order valence-electron chi connectivity index (χ4n) is 4.30. The van der Waals surface area contributed by atoms with E-state index in [2.05, 4.69) is 33.4 Å². The van der Waals surface area contributed by atoms with E-state index in [1.807, 2.05) is 19.1 Å². The minimum Gasteiger partial charge on any atom is -0.358 e. The fourth-order valence-corrected chi connectivity index (χ4v) is 5.70. The van der Waals surface area contributed by atoms with Crippen LogP contribution >= 0.6 is 11.6 Å². The molecule has 0 aliphatic carbocycles. The van der Waals surface area contributed by atoms with E-state index in [1.165, 1.54) is 37.3 Å². The molecule has 0 spiro atoms. The fraction of sp³-hybridized carbons (Fsp3) is 0.375. The Bertz CT molecular complexity index is 1230. The quantitative estimate of drug-likeness (QED) is 0.542. The zero-order valence-corrected chi connectivity index (χ0v) is 20.6. The molecule has 1 aliphatic heterocycles. The second kappa shape index (κ2) is 9.46. The lowest BCUT2D eigenvalue weighted by molar-refractivity contribution is -0.121. The summed E-state index contributed by atoms with van der Waals surface area (Å²) in [7, 11) is -0.826. The summed E-state index contributed by atoms with van der Waals surface area (Å²) in [5.41, 5.74) is 2.81. The van der Waals surface area contributed by atoms with Gasteiger partial charge in [-0.05, 0) is 68.6 Å². The molecule has 0 bridgehead atoms. The predicted molar refractivity (Wildman–Crippen MR) is 132 cm³/mol. The van der Waals surface area contributed by atoms with Crippen molar-refractivity contribution in [1.29, 1.82) is 0 Å². The molecule has 4 rings (SSSR count). The molecule has 9 heteroatoms. The van der Waals surface area contributed by atoms with Gasteiger partial charge in [0.1, 0.15) is 4.90 Å². The summed E-state index contributed by atoms with van der Waals surface area (Å²) in [4.78, 5) is 18.6. The number of H-pyrrole nitrogens is 1. The van der Waals surface area contributed by atoms with Crippen LogP contribution in [0.15, 0.2) is 53.4 Å². The van der Waals surface area contributed by atoms with E-state index in [4.69, 9.17) is 11.6 Å². The van der Waals surface area contributed by atoms with E-state index in [0.717, 1.165) is 35.8 Å². The zero-order valence-electron chi connectivity index (χ0n) is 19.0. The normalized spacial score (nSPS) is 16.9. The number of hydrogen-bond donors (Lipinski definition) is 2. The summed E-state index contributed by atoms with van der Waals surface area (Å²) in [6, 6.07) is 14.7. The molecule has 1 aromatic heterocycles. The van der Waals surface area contributed by atoms with Crippen molar-refractivity contribution >= 4 is 44.1 Å². The van der Waals surface area contributed by atoms with Gasteiger partial charge in [-0.2, -0.15) is 0 Å². The minimum atomic E-state index is -3.71. The van der Waals surface area contributed by atoms with Crippen LogP contribution in [-0.4, -0.2) is 61.7 Å². The van der Waals surface area contributed by atoms with Crippen LogP contribution in [0.3, 0.4) is 0 Å². The molecule has 2 aromatic carbocycles. The number of rotatable bonds is 6. The number of anilines is 1. The number of nitrogens with zero attached hydrogens (tertiary/aromatic N) is 2. The standard InChI is InChI=1S/C24H29ClN4O3S/c1-16(24(30)26-19-8-9-20(25)23(15-19)33(31,32)28(2)3)29-12-10-17(11-13-29)22-14-18-6-4-5-7-21(18)27-22/h4-9,14-17,27H,10-13H2,1-3H3,(H,26,30). The van der Waals surface area contributed by atoms with Crippen LogP contribution in [0.2, 0.25) is 5.02 Å². The van der Waals surface area contributed by atoms with E-state index >= 15 is 0 Å². The van der Waals surface area contributed by atoms with Crippen LogP contribution in [0.25, 0.3) is 10.9 Å². The lowest BCUT2D eigenvalue weighted by Gasteiger charge is -2.35. The molecule has 1 saturated heterocycles. The Labute approximate surface area is 199 Å². The summed E-state index contributed by atoms with van der Waals surface area (Å²) < 4.78 is 26.1. The molecular weight excluding hydrogens is 460 g/mol. The number of aromatic amines is 1. The molecule has 1 aliphatic rings. The highest BCUT2D eigenvalue weighted by Crippen LogP contribution is 2.31. The van der Waals surface area contributed by atoms with Crippen LogP contribution in [0.1, 0.15) is 31.4 Å². The smallest absolute Gasteiger partial charge is 0.244 e. The third-order valence-electron chi connectivity index (χ3n) is 6.40. The van der Waals surface area contributed by atoms with Crippen LogP contribution in [-0.2, 0) is 14.8 Å². The minimum absolute atomic E-state index is 0.0289. The Balaban J connectivity index is 1.39. The number of aromatic nitrogens is 1. The summed E-state index contributed by atoms with van der Waals surface area (Å²) in [6.07, 6.45) is 1.94. The third kappa shape index (κ3) is 4.94. The first kappa shape index (κ1) is 23.8. The molecule has 1 unspecified atom stereocenters. The van der Waals surface area contributed by atoms with Crippen molar-refractivity contribution in [2.75, 3.05) is 32.5 Å². The highest BCUT2D eigenvalue weighted by Gasteiger charge is 2.28. The van der Waals surface area contributed by atoms with E-state index in [0.29, 0.717) is 11.6 Å². The highest BCUT2D eigenvalue weighted by molar-refractivity contribution is 7.89. The Kier molecular flexibility index (Phi) is 6.81. The average Bonchev–Trinajstić information content (AvgIpc) is 3.24. The highest BCUT2D eigenvalue weighted by atomic mass is 35.5. The molecule has 7 nitrogen and oxygen atoms in total. The number of halogens is 1. The number of nitrogens with one attached hydrogen (secondary N) is 2. The van der Waals surface area contributed by atoms with Gasteiger partial charge < -0.3 is 10.3 Å². The second-order valence-electron chi connectivity index (χ2n) is 8.72. The maximum absolute atomic E-state index is 12.9. The molecule has 3 aromatic rings. The van der Waals surface area contributed by atoms with Crippen LogP contribution in [0, 0.1) is 0 Å². The Morgan fingerprint density at radius 3 is 2.52 bits per heavy atom. The van der Waals surface area contributed by atoms with Crippen molar-refractivity contribution in [2.45, 2.75) is 36.6 Å². The predicted octanol–water partition coefficient (Wildman–Crippen LogP) is 4.28. The number of hydrogen-bond acceptors (Lipinski definition) is 4. The summed E-state index contributed by atoms with van der Waals surface area (Å²) in [5.74, 6) is 0.272. The van der Waals surface area contributed by atoms with E-state index in [-0.39, 0.29) is 21.9 Å². The van der Waals surface area contributed by atoms with Gasteiger partial charge in [-0.15, -0.1) is 0 Å². The number of benzene rings is 2. The zero-order chi connectivity index (χ0) is 23.8. The molecule has 0 radical (unpaired) electrons. The second-order valence-corrected chi connectivity index (χ2v) is 11.2. The molecule has 33 heavy (non-hydrogen) atoms. The number of carbonyl (C=O) groups is 1. The number of para-hydroxylation sites is 1. The number of carbonyl (C=O) groups excluding carboxylic acids is 1. The topological polar surface area (TPSA) is 85.5 Å². The molecule has 2 N–H and O–H groups in total. The maximum atomic E-state index is 12.9. The summed E-state index contributed by atoms with van der Waals surface area (Å²) >= 11 is 6.11. The Morgan fingerprint density at radius 2 is 1.85 bits per heavy atom. The molecule has 0 saturated carbocycles. The SMILES string of the molecule is CC(C(=O)Nc1ccc(Cl)c(S(=O)(=O)N(C)C)c1)N1CCC(c2cc3ccccc3[nH]2)CC1. The molecule has 1 amide bonds. The lowest BCUT2D eigenvalue weighted by Crippen LogP contribution is -2.45. The van der Waals surface area contributed by atoms with E-state index in [1.54, 1.807) is 6.07 Å². The number of sulfonamides is 1. The maximum Gasteiger partial charge on any atom is 0.244 e. The van der Waals surface area contributed by atoms with Gasteiger partial charge in [-0.3, -0.25) is 9.69 Å². The van der Waals surface area contributed by atoms with Crippen LogP contribution in [0.5, 0.6) is 0 Å². The Hall–Kier alpha value is -2.39. The van der Waals surface area contributed by atoms with Crippen molar-refractivity contribution in [3.63, 3.8) is 0 Å². The number of fused-ring (bicyclic) bond motifs is 1. The first-order valence-corrected chi connectivity index (χ1v) is 12.8. The van der Waals surface area contributed by atoms with Gasteiger partial charge in [-0.25, -0.2) is 12.7 Å². The van der Waals surface area contributed by atoms with Crippen molar-refractivity contribution in [3.8, 4) is 0 Å². The van der Waals surface area contributed by atoms with Gasteiger partial charge >= 0.3 is 0 Å². The molecular formula is C24H29ClN4O3S. The van der Waals surface area contributed by atoms with Crippen molar-refractivity contribution in [3.05, 3.63) is 59.2 Å². The van der Waals surface area contributed by atoms with Crippen molar-refractivity contribution in [1.82, 2.24) is 14.2 Å². The number of piperidine rings is 1. The van der Waals surface area contributed by atoms with Gasteiger partial charge in [0.15, 0.2) is 0 Å². The molecule has 1 atom stereocenters.